The lowest BCUT2D eigenvalue weighted by molar-refractivity contribution is 0.0657. The van der Waals surface area contributed by atoms with Gasteiger partial charge < -0.3 is 19.7 Å². The van der Waals surface area contributed by atoms with Crippen LogP contribution in [0.2, 0.25) is 0 Å². The van der Waals surface area contributed by atoms with Crippen molar-refractivity contribution in [2.75, 3.05) is 12.4 Å². The van der Waals surface area contributed by atoms with E-state index in [0.717, 1.165) is 33.6 Å². The van der Waals surface area contributed by atoms with Crippen molar-refractivity contribution < 1.29 is 14.3 Å². The van der Waals surface area contributed by atoms with E-state index in [9.17, 15) is 4.79 Å². The van der Waals surface area contributed by atoms with Gasteiger partial charge >= 0.3 is 0 Å². The molecule has 0 saturated carbocycles. The van der Waals surface area contributed by atoms with Gasteiger partial charge in [0.25, 0.3) is 5.91 Å². The van der Waals surface area contributed by atoms with Crippen LogP contribution in [0.5, 0.6) is 5.75 Å². The minimum atomic E-state index is -0.472. The number of pyridine rings is 3. The minimum Gasteiger partial charge on any atom is -0.497 e. The van der Waals surface area contributed by atoms with E-state index >= 15 is 0 Å². The third kappa shape index (κ3) is 5.82. The number of ether oxygens (including phenoxy) is 2. The zero-order valence-corrected chi connectivity index (χ0v) is 23.7. The zero-order chi connectivity index (χ0) is 29.8. The Morgan fingerprint density at radius 2 is 1.86 bits per heavy atom. The Hall–Kier alpha value is -5.47. The van der Waals surface area contributed by atoms with Crippen molar-refractivity contribution >= 4 is 22.6 Å². The molecule has 4 aromatic heterocycles. The maximum Gasteiger partial charge on any atom is 0.273 e. The van der Waals surface area contributed by atoms with E-state index in [0.29, 0.717) is 42.4 Å². The van der Waals surface area contributed by atoms with Crippen LogP contribution >= 0.6 is 0 Å². The van der Waals surface area contributed by atoms with Crippen LogP contribution in [0.4, 0.5) is 5.82 Å². The first kappa shape index (κ1) is 27.7. The number of nitriles is 1. The molecule has 0 spiro atoms. The lowest BCUT2D eigenvalue weighted by Crippen LogP contribution is -2.35. The molecule has 11 nitrogen and oxygen atoms in total. The number of carbonyl (C=O) groups excluding carboxylic acids is 1. The molecule has 0 fully saturated rings. The summed E-state index contributed by atoms with van der Waals surface area (Å²) in [6.07, 6.45) is 6.41. The van der Waals surface area contributed by atoms with Crippen LogP contribution in [-0.4, -0.2) is 42.8 Å². The fraction of sp³-hybridized carbons (Fsp3) is 0.219. The van der Waals surface area contributed by atoms with Crippen LogP contribution in [0, 0.1) is 11.3 Å². The SMILES string of the molecule is COc1ccc(CNc2nc3cnc(C(=O)N(Cc4ccc(C#N)cn4)[C@H](C)c4ncccn4)cc3c3c2COC3)cc1. The van der Waals surface area contributed by atoms with Gasteiger partial charge in [-0.2, -0.15) is 5.26 Å². The highest BCUT2D eigenvalue weighted by atomic mass is 16.5. The van der Waals surface area contributed by atoms with E-state index in [-0.39, 0.29) is 18.1 Å². The van der Waals surface area contributed by atoms with Crippen molar-refractivity contribution in [2.24, 2.45) is 0 Å². The van der Waals surface area contributed by atoms with E-state index in [4.69, 9.17) is 19.7 Å². The number of hydrogen-bond donors (Lipinski definition) is 1. The first-order valence-electron chi connectivity index (χ1n) is 13.7. The molecule has 1 aliphatic rings. The Balaban J connectivity index is 1.31. The molecule has 1 amide bonds. The highest BCUT2D eigenvalue weighted by Gasteiger charge is 2.28. The molecule has 0 unspecified atom stereocenters. The largest absolute Gasteiger partial charge is 0.497 e. The number of amides is 1. The summed E-state index contributed by atoms with van der Waals surface area (Å²) in [7, 11) is 1.64. The van der Waals surface area contributed by atoms with Crippen LogP contribution in [-0.2, 0) is 31.0 Å². The molecule has 1 atom stereocenters. The van der Waals surface area contributed by atoms with Crippen LogP contribution < -0.4 is 10.1 Å². The van der Waals surface area contributed by atoms with Gasteiger partial charge in [0.1, 0.15) is 29.2 Å². The minimum absolute atomic E-state index is 0.178. The van der Waals surface area contributed by atoms with Crippen LogP contribution in [0.15, 0.2) is 73.3 Å². The molecule has 1 aliphatic heterocycles. The highest BCUT2D eigenvalue weighted by Crippen LogP contribution is 2.33. The number of fused-ring (bicyclic) bond motifs is 3. The summed E-state index contributed by atoms with van der Waals surface area (Å²) in [5, 5.41) is 13.4. The fourth-order valence-corrected chi connectivity index (χ4v) is 5.00. The molecule has 0 radical (unpaired) electrons. The summed E-state index contributed by atoms with van der Waals surface area (Å²) in [6, 6.07) is 16.4. The summed E-state index contributed by atoms with van der Waals surface area (Å²) in [6.45, 7) is 3.46. The molecule has 214 valence electrons. The molecule has 6 rings (SSSR count). The highest BCUT2D eigenvalue weighted by molar-refractivity contribution is 5.97. The van der Waals surface area contributed by atoms with Crippen LogP contribution in [0.1, 0.15) is 57.2 Å². The molecule has 0 saturated heterocycles. The molecule has 11 heteroatoms. The van der Waals surface area contributed by atoms with Gasteiger partial charge in [-0.25, -0.2) is 19.9 Å². The first-order chi connectivity index (χ1) is 21.0. The van der Waals surface area contributed by atoms with Crippen LogP contribution in [0.25, 0.3) is 10.9 Å². The Bertz CT molecular complexity index is 1810. The molecule has 5 heterocycles. The van der Waals surface area contributed by atoms with Gasteiger partial charge in [-0.1, -0.05) is 12.1 Å². The lowest BCUT2D eigenvalue weighted by atomic mass is 10.0. The summed E-state index contributed by atoms with van der Waals surface area (Å²) in [5.74, 6) is 1.73. The van der Waals surface area contributed by atoms with Gasteiger partial charge in [-0.05, 0) is 54.4 Å². The second-order valence-electron chi connectivity index (χ2n) is 10.1. The van der Waals surface area contributed by atoms with Gasteiger partial charge in [0.15, 0.2) is 0 Å². The second-order valence-corrected chi connectivity index (χ2v) is 10.1. The predicted molar refractivity (Wildman–Crippen MR) is 158 cm³/mol. The lowest BCUT2D eigenvalue weighted by Gasteiger charge is -2.28. The van der Waals surface area contributed by atoms with E-state index in [1.54, 1.807) is 54.9 Å². The summed E-state index contributed by atoms with van der Waals surface area (Å²) in [5.41, 5.74) is 5.03. The molecular formula is C32H28N8O3. The van der Waals surface area contributed by atoms with Crippen molar-refractivity contribution in [3.05, 3.63) is 113 Å². The zero-order valence-electron chi connectivity index (χ0n) is 23.7. The number of methoxy groups -OCH3 is 1. The molecule has 0 aliphatic carbocycles. The summed E-state index contributed by atoms with van der Waals surface area (Å²) < 4.78 is 11.1. The molecule has 5 aromatic rings. The van der Waals surface area contributed by atoms with Gasteiger partial charge in [0, 0.05) is 36.1 Å². The number of nitrogens with one attached hydrogen (secondary N) is 1. The molecular weight excluding hydrogens is 544 g/mol. The van der Waals surface area contributed by atoms with Gasteiger partial charge in [-0.15, -0.1) is 0 Å². The maximum absolute atomic E-state index is 14.1. The summed E-state index contributed by atoms with van der Waals surface area (Å²) >= 11 is 0. The Kier molecular flexibility index (Phi) is 7.84. The van der Waals surface area contributed by atoms with E-state index < -0.39 is 6.04 Å². The molecule has 1 aromatic carbocycles. The first-order valence-corrected chi connectivity index (χ1v) is 13.7. The standard InChI is InChI=1S/C32H28N8O3/c1-20(30-34-10-3-11-35-30)40(17-23-7-4-22(13-33)15-36-23)32(41)28-12-25-26-18-43-19-27(26)31(39-29(25)16-37-28)38-14-21-5-8-24(42-2)9-6-21/h3-12,15-16,20H,14,17-19H2,1-2H3,(H,38,39)/t20-/m1/s1. The van der Waals surface area contributed by atoms with Gasteiger partial charge in [0.05, 0.1) is 55.9 Å². The maximum atomic E-state index is 14.1. The summed E-state index contributed by atoms with van der Waals surface area (Å²) in [4.78, 5) is 38.2. The van der Waals surface area contributed by atoms with Crippen molar-refractivity contribution in [3.8, 4) is 11.8 Å². The quantitative estimate of drug-likeness (QED) is 0.263. The number of hydrogen-bond acceptors (Lipinski definition) is 10. The Labute approximate surface area is 248 Å². The molecule has 43 heavy (non-hydrogen) atoms. The smallest absolute Gasteiger partial charge is 0.273 e. The average molecular weight is 573 g/mol. The van der Waals surface area contributed by atoms with Crippen molar-refractivity contribution in [2.45, 2.75) is 39.3 Å². The molecule has 1 N–H and O–H groups in total. The predicted octanol–water partition coefficient (Wildman–Crippen LogP) is 4.74. The number of anilines is 1. The van der Waals surface area contributed by atoms with E-state index in [1.807, 2.05) is 31.2 Å². The monoisotopic (exact) mass is 572 g/mol. The van der Waals surface area contributed by atoms with E-state index in [2.05, 4.69) is 31.3 Å². The number of aromatic nitrogens is 5. The number of nitrogens with zero attached hydrogens (tertiary/aromatic N) is 7. The number of benzene rings is 1. The van der Waals surface area contributed by atoms with Crippen LogP contribution in [0.3, 0.4) is 0 Å². The van der Waals surface area contributed by atoms with Crippen molar-refractivity contribution in [1.29, 1.82) is 5.26 Å². The number of carbonyl (C=O) groups is 1. The van der Waals surface area contributed by atoms with Gasteiger partial charge in [0.2, 0.25) is 0 Å². The normalized spacial score (nSPS) is 12.8. The van der Waals surface area contributed by atoms with E-state index in [1.165, 1.54) is 6.20 Å². The second kappa shape index (κ2) is 12.2. The third-order valence-electron chi connectivity index (χ3n) is 7.40. The molecule has 0 bridgehead atoms. The number of rotatable bonds is 9. The van der Waals surface area contributed by atoms with Crippen molar-refractivity contribution in [1.82, 2.24) is 29.8 Å². The Morgan fingerprint density at radius 3 is 2.58 bits per heavy atom. The topological polar surface area (TPSA) is 139 Å². The average Bonchev–Trinajstić information content (AvgIpc) is 3.57. The fourth-order valence-electron chi connectivity index (χ4n) is 5.00. The van der Waals surface area contributed by atoms with Gasteiger partial charge in [-0.3, -0.25) is 9.78 Å². The Morgan fingerprint density at radius 1 is 1.07 bits per heavy atom. The van der Waals surface area contributed by atoms with Crippen molar-refractivity contribution in [3.63, 3.8) is 0 Å². The third-order valence-corrected chi connectivity index (χ3v) is 7.40.